The number of benzene rings is 2. The summed E-state index contributed by atoms with van der Waals surface area (Å²) in [6.45, 7) is 5.86. The van der Waals surface area contributed by atoms with Crippen LogP contribution in [0, 0.1) is 71.0 Å². The molecule has 8 aliphatic rings. The molecular weight excluding hydrogens is 604 g/mol. The predicted octanol–water partition coefficient (Wildman–Crippen LogP) is 5.56. The van der Waals surface area contributed by atoms with Crippen LogP contribution in [0.5, 0.6) is 23.0 Å². The Labute approximate surface area is 282 Å². The molecule has 0 spiro atoms. The quantitative estimate of drug-likeness (QED) is 0.328. The summed E-state index contributed by atoms with van der Waals surface area (Å²) in [4.78, 5) is 26.2. The molecule has 8 heteroatoms. The van der Waals surface area contributed by atoms with Gasteiger partial charge in [0.2, 0.25) is 25.4 Å². The first kappa shape index (κ1) is 30.1. The molecule has 8 nitrogen and oxygen atoms in total. The third-order valence-electron chi connectivity index (χ3n) is 13.2. The van der Waals surface area contributed by atoms with Gasteiger partial charge >= 0.3 is 0 Å². The molecule has 2 amide bonds. The number of nitrogens with one attached hydrogen (secondary N) is 2. The zero-order valence-corrected chi connectivity index (χ0v) is 27.8. The molecule has 6 aliphatic carbocycles. The standard InChI is InChI=1S/C40H46N2O6/c1-3-41-35(43)17-27-25-8-7-23-24-9-10-26(37(23)39(25)28(27)13-21-5-11-31-33(15-21)47-19-45-31)40-30(18-36(44)42-4-2)29(38(24)40)14-22-6-12-32-34(16-22)48-20-46-32/h5-12,15-16,23-30,37-40H,3-4,13-14,17-20H2,1-2H3,(H,41,43)(H,42,44)/t23-,24+,25-,26-,27+,28-,29-,30-,37-,38-,39-,40+/m0/s1. The van der Waals surface area contributed by atoms with E-state index < -0.39 is 0 Å². The van der Waals surface area contributed by atoms with E-state index in [1.165, 1.54) is 11.1 Å². The van der Waals surface area contributed by atoms with Crippen molar-refractivity contribution in [1.82, 2.24) is 10.6 Å². The third kappa shape index (κ3) is 4.76. The first-order valence-corrected chi connectivity index (χ1v) is 18.2. The number of ether oxygens (including phenoxy) is 4. The highest BCUT2D eigenvalue weighted by Crippen LogP contribution is 2.71. The number of amides is 2. The molecule has 2 heterocycles. The van der Waals surface area contributed by atoms with Gasteiger partial charge in [-0.15, -0.1) is 0 Å². The maximum atomic E-state index is 13.2. The van der Waals surface area contributed by atoms with E-state index in [1.807, 2.05) is 26.0 Å². The van der Waals surface area contributed by atoms with Crippen molar-refractivity contribution >= 4 is 11.8 Å². The maximum absolute atomic E-state index is 13.2. The molecule has 0 unspecified atom stereocenters. The van der Waals surface area contributed by atoms with Crippen molar-refractivity contribution in [2.24, 2.45) is 71.0 Å². The minimum absolute atomic E-state index is 0.157. The van der Waals surface area contributed by atoms with Crippen LogP contribution in [0.1, 0.15) is 37.8 Å². The Morgan fingerprint density at radius 1 is 0.562 bits per heavy atom. The van der Waals surface area contributed by atoms with Gasteiger partial charge in [-0.2, -0.15) is 0 Å². The minimum Gasteiger partial charge on any atom is -0.454 e. The van der Waals surface area contributed by atoms with Gasteiger partial charge in [-0.3, -0.25) is 9.59 Å². The summed E-state index contributed by atoms with van der Waals surface area (Å²) >= 11 is 0. The van der Waals surface area contributed by atoms with Crippen LogP contribution in [0.2, 0.25) is 0 Å². The van der Waals surface area contributed by atoms with Crippen molar-refractivity contribution in [3.8, 4) is 23.0 Å². The van der Waals surface area contributed by atoms with Gasteiger partial charge in [0.25, 0.3) is 0 Å². The van der Waals surface area contributed by atoms with Gasteiger partial charge in [-0.05, 0) is 133 Å². The highest BCUT2D eigenvalue weighted by Gasteiger charge is 2.67. The van der Waals surface area contributed by atoms with Gasteiger partial charge in [-0.25, -0.2) is 0 Å². The summed E-state index contributed by atoms with van der Waals surface area (Å²) in [5.74, 6) is 9.05. The van der Waals surface area contributed by atoms with Gasteiger partial charge in [0, 0.05) is 25.9 Å². The lowest BCUT2D eigenvalue weighted by molar-refractivity contribution is -0.191. The summed E-state index contributed by atoms with van der Waals surface area (Å²) in [5.41, 5.74) is 2.52. The number of rotatable bonds is 10. The highest BCUT2D eigenvalue weighted by atomic mass is 16.7. The second-order valence-corrected chi connectivity index (χ2v) is 15.1. The SMILES string of the molecule is CCNC(=O)C[C@@H]1[C@@H]2C=C[C@H]3[C@H]4C=C[C@@H]([C@H]3[C@@H]2[C@H]1Cc1ccc2c(c1)OCO2)[C@@H]1[C@@H](CC(=O)NCC)[C@H](Cc2ccc3c(c2)OCO3)[C@H]41. The van der Waals surface area contributed by atoms with Gasteiger partial charge in [0.05, 0.1) is 0 Å². The molecule has 48 heavy (non-hydrogen) atoms. The van der Waals surface area contributed by atoms with Crippen LogP contribution in [0.15, 0.2) is 60.7 Å². The number of fused-ring (bicyclic) bond motifs is 3. The molecule has 0 saturated heterocycles. The second-order valence-electron chi connectivity index (χ2n) is 15.1. The normalized spacial score (nSPS) is 36.7. The van der Waals surface area contributed by atoms with Crippen LogP contribution in [0.3, 0.4) is 0 Å². The van der Waals surface area contributed by atoms with Gasteiger partial charge in [-0.1, -0.05) is 36.4 Å². The molecular formula is C40H46N2O6. The summed E-state index contributed by atoms with van der Waals surface area (Å²) < 4.78 is 22.7. The van der Waals surface area contributed by atoms with Crippen LogP contribution in [0.4, 0.5) is 0 Å². The van der Waals surface area contributed by atoms with Crippen LogP contribution < -0.4 is 29.6 Å². The largest absolute Gasteiger partial charge is 0.454 e. The predicted molar refractivity (Wildman–Crippen MR) is 179 cm³/mol. The highest BCUT2D eigenvalue weighted by molar-refractivity contribution is 5.77. The maximum Gasteiger partial charge on any atom is 0.231 e. The number of hydrogen-bond acceptors (Lipinski definition) is 6. The summed E-state index contributed by atoms with van der Waals surface area (Å²) in [6.07, 6.45) is 13.1. The van der Waals surface area contributed by atoms with Crippen molar-refractivity contribution in [1.29, 1.82) is 0 Å². The molecule has 2 bridgehead atoms. The Balaban J connectivity index is 1.02. The van der Waals surface area contributed by atoms with Crippen molar-refractivity contribution in [3.05, 3.63) is 71.8 Å². The molecule has 3 fully saturated rings. The first-order chi connectivity index (χ1) is 23.5. The monoisotopic (exact) mass is 650 g/mol. The van der Waals surface area contributed by atoms with E-state index in [4.69, 9.17) is 18.9 Å². The smallest absolute Gasteiger partial charge is 0.231 e. The van der Waals surface area contributed by atoms with Crippen LogP contribution in [-0.2, 0) is 22.4 Å². The second kappa shape index (κ2) is 11.9. The fraction of sp³-hybridized carbons (Fsp3) is 0.550. The summed E-state index contributed by atoms with van der Waals surface area (Å²) in [6, 6.07) is 12.7. The Bertz CT molecular complexity index is 1670. The Kier molecular flexibility index (Phi) is 7.46. The van der Waals surface area contributed by atoms with Gasteiger partial charge in [0.15, 0.2) is 23.0 Å². The molecule has 0 aromatic heterocycles. The molecule has 2 aromatic rings. The van der Waals surface area contributed by atoms with Crippen molar-refractivity contribution < 1.29 is 28.5 Å². The molecule has 2 aliphatic heterocycles. The lowest BCUT2D eigenvalue weighted by Crippen LogP contribution is -2.67. The molecule has 12 atom stereocenters. The van der Waals surface area contributed by atoms with Gasteiger partial charge < -0.3 is 29.6 Å². The lowest BCUT2D eigenvalue weighted by Gasteiger charge is -2.71. The van der Waals surface area contributed by atoms with Crippen LogP contribution in [0.25, 0.3) is 0 Å². The minimum atomic E-state index is 0.157. The molecule has 2 N–H and O–H groups in total. The average molecular weight is 651 g/mol. The fourth-order valence-electron chi connectivity index (χ4n) is 11.5. The van der Waals surface area contributed by atoms with Crippen molar-refractivity contribution in [3.63, 3.8) is 0 Å². The topological polar surface area (TPSA) is 95.1 Å². The Hall–Kier alpha value is -3.94. The van der Waals surface area contributed by atoms with E-state index in [2.05, 4.69) is 59.2 Å². The van der Waals surface area contributed by atoms with E-state index in [-0.39, 0.29) is 25.4 Å². The molecule has 0 radical (unpaired) electrons. The van der Waals surface area contributed by atoms with Gasteiger partial charge in [0.1, 0.15) is 0 Å². The van der Waals surface area contributed by atoms with E-state index in [9.17, 15) is 9.59 Å². The zero-order chi connectivity index (χ0) is 32.5. The Morgan fingerprint density at radius 2 is 1.02 bits per heavy atom. The van der Waals surface area contributed by atoms with E-state index in [1.54, 1.807) is 0 Å². The lowest BCUT2D eigenvalue weighted by atomic mass is 9.33. The van der Waals surface area contributed by atoms with E-state index >= 15 is 0 Å². The molecule has 3 saturated carbocycles. The molecule has 10 rings (SSSR count). The molecule has 252 valence electrons. The van der Waals surface area contributed by atoms with Crippen LogP contribution >= 0.6 is 0 Å². The summed E-state index contributed by atoms with van der Waals surface area (Å²) in [5, 5.41) is 6.18. The van der Waals surface area contributed by atoms with Crippen molar-refractivity contribution in [2.45, 2.75) is 39.5 Å². The summed E-state index contributed by atoms with van der Waals surface area (Å²) in [7, 11) is 0. The van der Waals surface area contributed by atoms with E-state index in [0.29, 0.717) is 96.9 Å². The van der Waals surface area contributed by atoms with E-state index in [0.717, 1.165) is 35.8 Å². The first-order valence-electron chi connectivity index (χ1n) is 18.2. The number of hydrogen-bond donors (Lipinski definition) is 2. The number of allylic oxidation sites excluding steroid dienone is 4. The van der Waals surface area contributed by atoms with Crippen LogP contribution in [-0.4, -0.2) is 38.5 Å². The van der Waals surface area contributed by atoms with Crippen molar-refractivity contribution in [2.75, 3.05) is 26.7 Å². The average Bonchev–Trinajstić information content (AvgIpc) is 3.76. The molecule has 2 aromatic carbocycles. The number of carbonyl (C=O) groups is 2. The number of carbonyl (C=O) groups excluding carboxylic acids is 2. The fourth-order valence-corrected chi connectivity index (χ4v) is 11.5. The zero-order valence-electron chi connectivity index (χ0n) is 27.8. The third-order valence-corrected chi connectivity index (χ3v) is 13.2. The Morgan fingerprint density at radius 3 is 1.62 bits per heavy atom.